The molecule has 0 atom stereocenters. The highest BCUT2D eigenvalue weighted by molar-refractivity contribution is 9.09. The van der Waals surface area contributed by atoms with Crippen molar-refractivity contribution < 1.29 is 21.6 Å². The van der Waals surface area contributed by atoms with Crippen LogP contribution in [0.1, 0.15) is 12.8 Å². The van der Waals surface area contributed by atoms with Gasteiger partial charge in [0, 0.05) is 17.9 Å². The molecule has 0 heterocycles. The van der Waals surface area contributed by atoms with Crippen molar-refractivity contribution in [1.29, 1.82) is 0 Å². The van der Waals surface area contributed by atoms with E-state index in [0.29, 0.717) is 11.9 Å². The van der Waals surface area contributed by atoms with Crippen molar-refractivity contribution >= 4 is 31.5 Å². The van der Waals surface area contributed by atoms with Crippen molar-refractivity contribution in [2.24, 2.45) is 0 Å². The zero-order valence-electron chi connectivity index (χ0n) is 10.4. The fourth-order valence-electron chi connectivity index (χ4n) is 2.02. The van der Waals surface area contributed by atoms with Gasteiger partial charge in [-0.3, -0.25) is 0 Å². The van der Waals surface area contributed by atoms with Crippen molar-refractivity contribution in [2.45, 2.75) is 29.3 Å². The van der Waals surface area contributed by atoms with Gasteiger partial charge >= 0.3 is 5.51 Å². The van der Waals surface area contributed by atoms with Gasteiger partial charge in [-0.1, -0.05) is 28.1 Å². The fraction of sp³-hybridized carbons (Fsp3) is 0.500. The number of sulfone groups is 1. The number of benzene rings is 1. The van der Waals surface area contributed by atoms with Crippen LogP contribution >= 0.6 is 15.9 Å². The molecule has 0 bridgehead atoms. The van der Waals surface area contributed by atoms with Crippen LogP contribution in [0, 0.1) is 0 Å². The van der Waals surface area contributed by atoms with Crippen LogP contribution in [0.15, 0.2) is 29.2 Å². The summed E-state index contributed by atoms with van der Waals surface area (Å²) in [6, 6.07) is 5.42. The van der Waals surface area contributed by atoms with E-state index < -0.39 is 20.2 Å². The molecule has 1 saturated carbocycles. The van der Waals surface area contributed by atoms with E-state index >= 15 is 0 Å². The summed E-state index contributed by atoms with van der Waals surface area (Å²) in [7, 11) is -5.33. The van der Waals surface area contributed by atoms with Gasteiger partial charge in [-0.2, -0.15) is 13.2 Å². The highest BCUT2D eigenvalue weighted by Gasteiger charge is 2.48. The number of rotatable bonds is 5. The Kier molecular flexibility index (Phi) is 4.34. The predicted molar refractivity (Wildman–Crippen MR) is 73.8 cm³/mol. The number of nitrogens with zero attached hydrogens (tertiary/aromatic N) is 1. The maximum atomic E-state index is 12.7. The number of anilines is 1. The smallest absolute Gasteiger partial charge is 0.367 e. The largest absolute Gasteiger partial charge is 0.501 e. The normalized spacial score (nSPS) is 16.2. The van der Waals surface area contributed by atoms with Gasteiger partial charge in [-0.25, -0.2) is 8.42 Å². The SMILES string of the molecule is O=S(=O)(c1ccccc1N(CCBr)C1CC1)C(F)(F)F. The molecule has 0 spiro atoms. The van der Waals surface area contributed by atoms with E-state index in [1.807, 2.05) is 0 Å². The second-order valence-corrected chi connectivity index (χ2v) is 7.23. The molecule has 0 amide bonds. The van der Waals surface area contributed by atoms with E-state index in [4.69, 9.17) is 0 Å². The van der Waals surface area contributed by atoms with E-state index in [1.54, 1.807) is 11.0 Å². The first-order valence-corrected chi connectivity index (χ1v) is 8.62. The summed E-state index contributed by atoms with van der Waals surface area (Å²) in [4.78, 5) is 1.06. The Morgan fingerprint density at radius 3 is 2.35 bits per heavy atom. The van der Waals surface area contributed by atoms with E-state index in [2.05, 4.69) is 15.9 Å². The third kappa shape index (κ3) is 2.95. The molecule has 3 nitrogen and oxygen atoms in total. The zero-order chi connectivity index (χ0) is 15.0. The standard InChI is InChI=1S/C12H13BrF3NO2S/c13-7-8-17(9-5-6-9)10-3-1-2-4-11(10)20(18,19)12(14,15)16/h1-4,9H,5-8H2. The van der Waals surface area contributed by atoms with Crippen molar-refractivity contribution in [2.75, 3.05) is 16.8 Å². The van der Waals surface area contributed by atoms with Crippen molar-refractivity contribution in [1.82, 2.24) is 0 Å². The van der Waals surface area contributed by atoms with Gasteiger partial charge in [0.2, 0.25) is 0 Å². The second kappa shape index (κ2) is 5.55. The molecule has 0 N–H and O–H groups in total. The summed E-state index contributed by atoms with van der Waals surface area (Å²) in [5, 5.41) is 0.559. The summed E-state index contributed by atoms with van der Waals surface area (Å²) >= 11 is 3.24. The molecule has 0 aromatic heterocycles. The Bertz CT molecular complexity index is 585. The molecule has 1 aliphatic rings. The minimum absolute atomic E-state index is 0.122. The third-order valence-electron chi connectivity index (χ3n) is 3.08. The fourth-order valence-corrected chi connectivity index (χ4v) is 3.37. The minimum Gasteiger partial charge on any atom is -0.367 e. The average molecular weight is 372 g/mol. The molecule has 8 heteroatoms. The Morgan fingerprint density at radius 1 is 1.25 bits per heavy atom. The summed E-state index contributed by atoms with van der Waals surface area (Å²) in [6.45, 7) is 0.467. The monoisotopic (exact) mass is 371 g/mol. The molecule has 1 fully saturated rings. The summed E-state index contributed by atoms with van der Waals surface area (Å²) in [6.07, 6.45) is 1.74. The van der Waals surface area contributed by atoms with Crippen LogP contribution in [-0.2, 0) is 9.84 Å². The van der Waals surface area contributed by atoms with Gasteiger partial charge in [-0.15, -0.1) is 0 Å². The highest BCUT2D eigenvalue weighted by Crippen LogP contribution is 2.39. The minimum atomic E-state index is -5.33. The summed E-state index contributed by atoms with van der Waals surface area (Å²) in [5.41, 5.74) is -5.15. The molecule has 1 aliphatic carbocycles. The first-order valence-electron chi connectivity index (χ1n) is 6.02. The van der Waals surface area contributed by atoms with Crippen molar-refractivity contribution in [3.05, 3.63) is 24.3 Å². The number of hydrogen-bond donors (Lipinski definition) is 0. The van der Waals surface area contributed by atoms with Crippen LogP contribution in [0.25, 0.3) is 0 Å². The average Bonchev–Trinajstić information content (AvgIpc) is 3.19. The van der Waals surface area contributed by atoms with Gasteiger partial charge in [0.15, 0.2) is 0 Å². The molecule has 0 aliphatic heterocycles. The molecule has 1 aromatic carbocycles. The molecule has 0 unspecified atom stereocenters. The lowest BCUT2D eigenvalue weighted by atomic mass is 10.3. The maximum Gasteiger partial charge on any atom is 0.501 e. The van der Waals surface area contributed by atoms with Crippen molar-refractivity contribution in [3.8, 4) is 0 Å². The van der Waals surface area contributed by atoms with Crippen LogP contribution in [0.4, 0.5) is 18.9 Å². The Balaban J connectivity index is 2.50. The van der Waals surface area contributed by atoms with Gasteiger partial charge < -0.3 is 4.90 Å². The van der Waals surface area contributed by atoms with Crippen molar-refractivity contribution in [3.63, 3.8) is 0 Å². The van der Waals surface area contributed by atoms with E-state index in [1.165, 1.54) is 12.1 Å². The van der Waals surface area contributed by atoms with E-state index in [-0.39, 0.29) is 11.7 Å². The first-order chi connectivity index (χ1) is 9.29. The molecule has 0 radical (unpaired) electrons. The molecule has 0 saturated heterocycles. The van der Waals surface area contributed by atoms with Crippen LogP contribution in [-0.4, -0.2) is 31.8 Å². The predicted octanol–water partition coefficient (Wildman–Crippen LogP) is 3.34. The Hall–Kier alpha value is -0.760. The molecular weight excluding hydrogens is 359 g/mol. The van der Waals surface area contributed by atoms with E-state index in [9.17, 15) is 21.6 Å². The van der Waals surface area contributed by atoms with Gasteiger partial charge in [-0.05, 0) is 25.0 Å². The summed E-state index contributed by atoms with van der Waals surface area (Å²) in [5.74, 6) is 0. The van der Waals surface area contributed by atoms with Gasteiger partial charge in [0.1, 0.15) is 0 Å². The summed E-state index contributed by atoms with van der Waals surface area (Å²) < 4.78 is 61.6. The molecule has 20 heavy (non-hydrogen) atoms. The molecular formula is C12H13BrF3NO2S. The van der Waals surface area contributed by atoms with Crippen LogP contribution in [0.2, 0.25) is 0 Å². The van der Waals surface area contributed by atoms with Gasteiger partial charge in [0.25, 0.3) is 9.84 Å². The number of halogens is 4. The highest BCUT2D eigenvalue weighted by atomic mass is 79.9. The zero-order valence-corrected chi connectivity index (χ0v) is 12.8. The van der Waals surface area contributed by atoms with Gasteiger partial charge in [0.05, 0.1) is 10.6 Å². The topological polar surface area (TPSA) is 37.4 Å². The van der Waals surface area contributed by atoms with Crippen LogP contribution in [0.5, 0.6) is 0 Å². The van der Waals surface area contributed by atoms with Crippen LogP contribution < -0.4 is 4.90 Å². The lowest BCUT2D eigenvalue weighted by molar-refractivity contribution is -0.0435. The maximum absolute atomic E-state index is 12.7. The second-order valence-electron chi connectivity index (χ2n) is 4.53. The number of alkyl halides is 4. The number of para-hydroxylation sites is 1. The molecule has 1 aromatic rings. The Labute approximate surface area is 123 Å². The van der Waals surface area contributed by atoms with E-state index in [0.717, 1.165) is 18.9 Å². The Morgan fingerprint density at radius 2 is 1.85 bits per heavy atom. The first kappa shape index (κ1) is 15.6. The third-order valence-corrected chi connectivity index (χ3v) is 4.97. The number of hydrogen-bond acceptors (Lipinski definition) is 3. The molecule has 2 rings (SSSR count). The lowest BCUT2D eigenvalue weighted by Gasteiger charge is -2.26. The quantitative estimate of drug-likeness (QED) is 0.744. The van der Waals surface area contributed by atoms with Crippen LogP contribution in [0.3, 0.4) is 0 Å². The lowest BCUT2D eigenvalue weighted by Crippen LogP contribution is -2.31. The molecule has 112 valence electrons.